The molecule has 1 saturated heterocycles. The number of rotatable bonds is 0. The fourth-order valence-corrected chi connectivity index (χ4v) is 1.04. The second-order valence-electron chi connectivity index (χ2n) is 3.30. The van der Waals surface area contributed by atoms with Crippen LogP contribution in [0.15, 0.2) is 23.8 Å². The lowest BCUT2D eigenvalue weighted by Crippen LogP contribution is -2.21. The van der Waals surface area contributed by atoms with E-state index in [0.717, 1.165) is 0 Å². The Balaban J connectivity index is 0.000000160. The Morgan fingerprint density at radius 1 is 1.12 bits per heavy atom. The van der Waals surface area contributed by atoms with Gasteiger partial charge in [-0.05, 0) is 6.92 Å². The van der Waals surface area contributed by atoms with Crippen molar-refractivity contribution in [2.45, 2.75) is 13.3 Å². The Hall–Kier alpha value is -2.24. The molecular weight excluding hydrogens is 212 g/mol. The molecular formula is C10H10N2O4. The first-order valence-corrected chi connectivity index (χ1v) is 4.45. The van der Waals surface area contributed by atoms with Crippen LogP contribution in [0.1, 0.15) is 13.3 Å². The molecule has 84 valence electrons. The lowest BCUT2D eigenvalue weighted by atomic mass is 10.3. The van der Waals surface area contributed by atoms with Gasteiger partial charge in [-0.25, -0.2) is 0 Å². The topological polar surface area (TPSA) is 92.3 Å². The smallest absolute Gasteiger partial charge is 0.253 e. The summed E-state index contributed by atoms with van der Waals surface area (Å²) in [5.41, 5.74) is 0.838. The van der Waals surface area contributed by atoms with Crippen LogP contribution in [-0.2, 0) is 19.2 Å². The van der Waals surface area contributed by atoms with E-state index >= 15 is 0 Å². The Kier molecular flexibility index (Phi) is 3.34. The number of carbonyl (C=O) groups is 4. The molecule has 0 aromatic rings. The molecule has 2 aliphatic heterocycles. The van der Waals surface area contributed by atoms with Crippen LogP contribution in [0.2, 0.25) is 0 Å². The molecule has 2 rings (SSSR count). The molecule has 2 aliphatic rings. The lowest BCUT2D eigenvalue weighted by Gasteiger charge is -1.84. The molecule has 6 nitrogen and oxygen atoms in total. The molecule has 0 spiro atoms. The summed E-state index contributed by atoms with van der Waals surface area (Å²) in [6.45, 7) is 4.95. The molecule has 6 heteroatoms. The van der Waals surface area contributed by atoms with Crippen molar-refractivity contribution in [1.82, 2.24) is 10.6 Å². The average Bonchev–Trinajstić information content (AvgIpc) is 2.58. The monoisotopic (exact) mass is 222 g/mol. The van der Waals surface area contributed by atoms with Gasteiger partial charge in [0.25, 0.3) is 17.7 Å². The highest BCUT2D eigenvalue weighted by molar-refractivity contribution is 6.15. The molecule has 2 heterocycles. The second-order valence-corrected chi connectivity index (χ2v) is 3.30. The average molecular weight is 222 g/mol. The molecule has 1 fully saturated rings. The van der Waals surface area contributed by atoms with E-state index in [2.05, 4.69) is 17.2 Å². The van der Waals surface area contributed by atoms with Crippen LogP contribution in [-0.4, -0.2) is 23.6 Å². The summed E-state index contributed by atoms with van der Waals surface area (Å²) < 4.78 is 0. The van der Waals surface area contributed by atoms with E-state index < -0.39 is 0 Å². The number of carbonyl (C=O) groups excluding carboxylic acids is 4. The second kappa shape index (κ2) is 4.52. The molecule has 0 unspecified atom stereocenters. The van der Waals surface area contributed by atoms with Crippen LogP contribution in [0.3, 0.4) is 0 Å². The Morgan fingerprint density at radius 2 is 1.75 bits per heavy atom. The van der Waals surface area contributed by atoms with Crippen LogP contribution in [0.25, 0.3) is 0 Å². The van der Waals surface area contributed by atoms with Gasteiger partial charge in [-0.3, -0.25) is 29.8 Å². The maximum atomic E-state index is 10.4. The number of hydrogen-bond acceptors (Lipinski definition) is 4. The molecule has 0 saturated carbocycles. The first-order chi connectivity index (χ1) is 7.40. The largest absolute Gasteiger partial charge is 0.292 e. The summed E-state index contributed by atoms with van der Waals surface area (Å²) in [6, 6.07) is 0. The molecule has 0 radical (unpaired) electrons. The van der Waals surface area contributed by atoms with E-state index in [1.54, 1.807) is 6.92 Å². The third-order valence-electron chi connectivity index (χ3n) is 1.89. The van der Waals surface area contributed by atoms with Gasteiger partial charge in [0, 0.05) is 17.2 Å². The molecule has 0 aromatic heterocycles. The standard InChI is InChI=1S/2C5H5NO2/c2*1-3-2-4(7)6-5(3)8/h2H,1H3,(H,6,7,8);1-2H2,(H,6,7,8). The van der Waals surface area contributed by atoms with Crippen molar-refractivity contribution in [3.63, 3.8) is 0 Å². The minimum atomic E-state index is -0.338. The predicted molar refractivity (Wildman–Crippen MR) is 53.8 cm³/mol. The SMILES string of the molecule is C=C1CC(=O)NC1=O.CC1=CC(=O)NC1=O. The van der Waals surface area contributed by atoms with Crippen LogP contribution >= 0.6 is 0 Å². The minimum Gasteiger partial charge on any atom is -0.292 e. The number of amides is 4. The third-order valence-corrected chi connectivity index (χ3v) is 1.89. The highest BCUT2D eigenvalue weighted by atomic mass is 16.2. The van der Waals surface area contributed by atoms with E-state index in [1.807, 2.05) is 0 Å². The van der Waals surface area contributed by atoms with Gasteiger partial charge in [0.15, 0.2) is 0 Å². The van der Waals surface area contributed by atoms with Gasteiger partial charge >= 0.3 is 0 Å². The zero-order valence-corrected chi connectivity index (χ0v) is 8.62. The third kappa shape index (κ3) is 2.88. The van der Waals surface area contributed by atoms with E-state index in [1.165, 1.54) is 6.08 Å². The van der Waals surface area contributed by atoms with Crippen molar-refractivity contribution in [3.05, 3.63) is 23.8 Å². The molecule has 0 aromatic carbocycles. The van der Waals surface area contributed by atoms with Gasteiger partial charge in [0.05, 0.1) is 6.42 Å². The summed E-state index contributed by atoms with van der Waals surface area (Å²) in [5, 5.41) is 4.19. The van der Waals surface area contributed by atoms with E-state index in [0.29, 0.717) is 11.1 Å². The minimum absolute atomic E-state index is 0.166. The van der Waals surface area contributed by atoms with Gasteiger partial charge in [0.2, 0.25) is 5.91 Å². The highest BCUT2D eigenvalue weighted by Gasteiger charge is 2.20. The zero-order chi connectivity index (χ0) is 12.3. The van der Waals surface area contributed by atoms with Crippen LogP contribution in [0.4, 0.5) is 0 Å². The highest BCUT2D eigenvalue weighted by Crippen LogP contribution is 2.04. The maximum Gasteiger partial charge on any atom is 0.253 e. The molecule has 0 bridgehead atoms. The first-order valence-electron chi connectivity index (χ1n) is 4.45. The molecule has 4 amide bonds. The van der Waals surface area contributed by atoms with Crippen LogP contribution < -0.4 is 10.6 Å². The summed E-state index contributed by atoms with van der Waals surface area (Å²) in [6.07, 6.45) is 1.45. The first kappa shape index (κ1) is 11.8. The number of hydrogen-bond donors (Lipinski definition) is 2. The van der Waals surface area contributed by atoms with Crippen LogP contribution in [0.5, 0.6) is 0 Å². The van der Waals surface area contributed by atoms with E-state index in [9.17, 15) is 19.2 Å². The van der Waals surface area contributed by atoms with Gasteiger partial charge in [-0.1, -0.05) is 6.58 Å². The van der Waals surface area contributed by atoms with E-state index in [4.69, 9.17) is 0 Å². The van der Waals surface area contributed by atoms with Gasteiger partial charge in [-0.2, -0.15) is 0 Å². The normalized spacial score (nSPS) is 18.8. The van der Waals surface area contributed by atoms with Gasteiger partial charge < -0.3 is 0 Å². The summed E-state index contributed by atoms with van der Waals surface area (Å²) in [7, 11) is 0. The maximum absolute atomic E-state index is 10.4. The van der Waals surface area contributed by atoms with Crippen molar-refractivity contribution in [3.8, 4) is 0 Å². The molecule has 16 heavy (non-hydrogen) atoms. The fourth-order valence-electron chi connectivity index (χ4n) is 1.04. The van der Waals surface area contributed by atoms with Gasteiger partial charge in [0.1, 0.15) is 0 Å². The van der Waals surface area contributed by atoms with Gasteiger partial charge in [-0.15, -0.1) is 0 Å². The Labute approximate surface area is 91.4 Å². The van der Waals surface area contributed by atoms with Crippen molar-refractivity contribution >= 4 is 23.6 Å². The molecule has 0 atom stereocenters. The van der Waals surface area contributed by atoms with E-state index in [-0.39, 0.29) is 30.0 Å². The number of imide groups is 2. The van der Waals surface area contributed by atoms with Crippen molar-refractivity contribution in [2.75, 3.05) is 0 Å². The number of nitrogens with one attached hydrogen (secondary N) is 2. The molecule has 2 N–H and O–H groups in total. The summed E-state index contributed by atoms with van der Waals surface area (Å²) >= 11 is 0. The Morgan fingerprint density at radius 3 is 1.88 bits per heavy atom. The summed E-state index contributed by atoms with van der Waals surface area (Å²) in [5.74, 6) is -1.18. The molecule has 0 aliphatic carbocycles. The lowest BCUT2D eigenvalue weighted by molar-refractivity contribution is -0.125. The summed E-state index contributed by atoms with van der Waals surface area (Å²) in [4.78, 5) is 41.3. The van der Waals surface area contributed by atoms with Crippen molar-refractivity contribution in [2.24, 2.45) is 0 Å². The fraction of sp³-hybridized carbons (Fsp3) is 0.200. The van der Waals surface area contributed by atoms with Crippen molar-refractivity contribution in [1.29, 1.82) is 0 Å². The van der Waals surface area contributed by atoms with Crippen molar-refractivity contribution < 1.29 is 19.2 Å². The predicted octanol–water partition coefficient (Wildman–Crippen LogP) is -0.822. The quantitative estimate of drug-likeness (QED) is 0.413. The Bertz CT molecular complexity index is 413. The zero-order valence-electron chi connectivity index (χ0n) is 8.62. The van der Waals surface area contributed by atoms with Crippen LogP contribution in [0, 0.1) is 0 Å².